The standard InChI is InChI=1S/C18H28N2O4S/c1-18(13-19,14-6-7-14)20-17(21)5-3-4-12-24-15-8-10-16(11-9-15)25(2,22)23/h8-11,14H,3-7,12-13,19H2,1-2H3,(H,20,21). The molecule has 0 saturated heterocycles. The summed E-state index contributed by atoms with van der Waals surface area (Å²) in [5.41, 5.74) is 5.53. The van der Waals surface area contributed by atoms with Crippen molar-refractivity contribution in [2.24, 2.45) is 11.7 Å². The van der Waals surface area contributed by atoms with Gasteiger partial charge in [0.15, 0.2) is 9.84 Å². The van der Waals surface area contributed by atoms with Gasteiger partial charge < -0.3 is 15.8 Å². The number of hydrogen-bond donors (Lipinski definition) is 2. The van der Waals surface area contributed by atoms with E-state index in [4.69, 9.17) is 10.5 Å². The Hall–Kier alpha value is -1.60. The van der Waals surface area contributed by atoms with Crippen molar-refractivity contribution in [3.63, 3.8) is 0 Å². The van der Waals surface area contributed by atoms with Gasteiger partial charge in [0.2, 0.25) is 5.91 Å². The molecule has 3 N–H and O–H groups in total. The number of carbonyl (C=O) groups is 1. The molecule has 0 aromatic heterocycles. The maximum absolute atomic E-state index is 12.1. The number of benzene rings is 1. The molecule has 25 heavy (non-hydrogen) atoms. The lowest BCUT2D eigenvalue weighted by Gasteiger charge is -2.29. The third-order valence-electron chi connectivity index (χ3n) is 4.65. The van der Waals surface area contributed by atoms with Gasteiger partial charge >= 0.3 is 0 Å². The summed E-state index contributed by atoms with van der Waals surface area (Å²) in [7, 11) is -3.19. The minimum Gasteiger partial charge on any atom is -0.494 e. The van der Waals surface area contributed by atoms with Gasteiger partial charge in [0.05, 0.1) is 17.0 Å². The molecule has 7 heteroatoms. The highest BCUT2D eigenvalue weighted by atomic mass is 32.2. The van der Waals surface area contributed by atoms with Crippen molar-refractivity contribution in [3.8, 4) is 5.75 Å². The molecule has 1 saturated carbocycles. The van der Waals surface area contributed by atoms with Crippen LogP contribution in [0.5, 0.6) is 5.75 Å². The highest BCUT2D eigenvalue weighted by molar-refractivity contribution is 7.90. The second-order valence-electron chi connectivity index (χ2n) is 6.99. The van der Waals surface area contributed by atoms with Crippen LogP contribution in [0.4, 0.5) is 0 Å². The zero-order valence-corrected chi connectivity index (χ0v) is 15.8. The van der Waals surface area contributed by atoms with Crippen molar-refractivity contribution in [3.05, 3.63) is 24.3 Å². The molecule has 1 aliphatic rings. The van der Waals surface area contributed by atoms with Crippen molar-refractivity contribution < 1.29 is 17.9 Å². The number of nitrogens with two attached hydrogens (primary N) is 1. The van der Waals surface area contributed by atoms with E-state index in [1.807, 2.05) is 6.92 Å². The summed E-state index contributed by atoms with van der Waals surface area (Å²) in [5.74, 6) is 1.18. The van der Waals surface area contributed by atoms with Crippen LogP contribution in [0.25, 0.3) is 0 Å². The van der Waals surface area contributed by atoms with Gasteiger partial charge in [-0.25, -0.2) is 8.42 Å². The normalized spacial score (nSPS) is 16.9. The molecule has 1 atom stereocenters. The first-order chi connectivity index (χ1) is 11.7. The number of ether oxygens (including phenoxy) is 1. The Morgan fingerprint density at radius 3 is 2.44 bits per heavy atom. The van der Waals surface area contributed by atoms with Crippen LogP contribution >= 0.6 is 0 Å². The molecule has 1 aromatic rings. The van der Waals surface area contributed by atoms with E-state index in [0.717, 1.165) is 25.7 Å². The molecule has 0 heterocycles. The summed E-state index contributed by atoms with van der Waals surface area (Å²) in [4.78, 5) is 12.3. The number of carbonyl (C=O) groups excluding carboxylic acids is 1. The number of nitrogens with one attached hydrogen (secondary N) is 1. The van der Waals surface area contributed by atoms with Crippen LogP contribution in [0.2, 0.25) is 0 Å². The van der Waals surface area contributed by atoms with Crippen molar-refractivity contribution >= 4 is 15.7 Å². The predicted molar refractivity (Wildman–Crippen MR) is 97.2 cm³/mol. The van der Waals surface area contributed by atoms with Gasteiger partial charge in [-0.05, 0) is 62.8 Å². The van der Waals surface area contributed by atoms with Gasteiger partial charge in [0.1, 0.15) is 5.75 Å². The molecular formula is C18H28N2O4S. The minimum atomic E-state index is -3.19. The molecule has 0 radical (unpaired) electrons. The Morgan fingerprint density at radius 1 is 1.28 bits per heavy atom. The first kappa shape index (κ1) is 19.7. The van der Waals surface area contributed by atoms with Crippen LogP contribution in [0.15, 0.2) is 29.2 Å². The fraction of sp³-hybridized carbons (Fsp3) is 0.611. The monoisotopic (exact) mass is 368 g/mol. The predicted octanol–water partition coefficient (Wildman–Crippen LogP) is 1.88. The highest BCUT2D eigenvalue weighted by Crippen LogP contribution is 2.39. The molecule has 6 nitrogen and oxygen atoms in total. The molecule has 1 aliphatic carbocycles. The molecule has 2 rings (SSSR count). The molecule has 1 fully saturated rings. The van der Waals surface area contributed by atoms with Gasteiger partial charge in [-0.1, -0.05) is 0 Å². The Labute approximate surface area is 150 Å². The molecule has 1 unspecified atom stereocenters. The fourth-order valence-corrected chi connectivity index (χ4v) is 3.41. The van der Waals surface area contributed by atoms with Crippen LogP contribution in [0, 0.1) is 5.92 Å². The van der Waals surface area contributed by atoms with E-state index < -0.39 is 9.84 Å². The molecular weight excluding hydrogens is 340 g/mol. The van der Waals surface area contributed by atoms with E-state index in [0.29, 0.717) is 31.2 Å². The third kappa shape index (κ3) is 6.01. The first-order valence-electron chi connectivity index (χ1n) is 8.68. The Bertz CT molecular complexity index is 684. The van der Waals surface area contributed by atoms with E-state index in [-0.39, 0.29) is 16.3 Å². The van der Waals surface area contributed by atoms with Crippen molar-refractivity contribution in [2.75, 3.05) is 19.4 Å². The Morgan fingerprint density at radius 2 is 1.92 bits per heavy atom. The van der Waals surface area contributed by atoms with Gasteiger partial charge in [0, 0.05) is 19.2 Å². The zero-order valence-electron chi connectivity index (χ0n) is 15.0. The summed E-state index contributed by atoms with van der Waals surface area (Å²) >= 11 is 0. The molecule has 140 valence electrons. The van der Waals surface area contributed by atoms with Gasteiger partial charge in [-0.3, -0.25) is 4.79 Å². The lowest BCUT2D eigenvalue weighted by atomic mass is 9.95. The van der Waals surface area contributed by atoms with E-state index in [2.05, 4.69) is 5.32 Å². The number of unbranched alkanes of at least 4 members (excludes halogenated alkanes) is 1. The second-order valence-corrected chi connectivity index (χ2v) is 9.01. The van der Waals surface area contributed by atoms with E-state index in [1.54, 1.807) is 12.1 Å². The number of amides is 1. The maximum atomic E-state index is 12.1. The number of sulfone groups is 1. The molecule has 0 aliphatic heterocycles. The first-order valence-corrected chi connectivity index (χ1v) is 10.6. The van der Waals surface area contributed by atoms with E-state index in [1.165, 1.54) is 18.4 Å². The van der Waals surface area contributed by atoms with Crippen molar-refractivity contribution in [1.29, 1.82) is 0 Å². The van der Waals surface area contributed by atoms with Crippen LogP contribution < -0.4 is 15.8 Å². The average Bonchev–Trinajstić information content (AvgIpc) is 3.39. The van der Waals surface area contributed by atoms with Gasteiger partial charge in [0.25, 0.3) is 0 Å². The number of hydrogen-bond acceptors (Lipinski definition) is 5. The molecule has 0 bridgehead atoms. The molecule has 0 spiro atoms. The maximum Gasteiger partial charge on any atom is 0.220 e. The minimum absolute atomic E-state index is 0.0392. The summed E-state index contributed by atoms with van der Waals surface area (Å²) in [6, 6.07) is 6.35. The molecule has 1 amide bonds. The van der Waals surface area contributed by atoms with E-state index >= 15 is 0 Å². The van der Waals surface area contributed by atoms with Crippen LogP contribution in [0.1, 0.15) is 39.0 Å². The van der Waals surface area contributed by atoms with Gasteiger partial charge in [-0.15, -0.1) is 0 Å². The average molecular weight is 368 g/mol. The van der Waals surface area contributed by atoms with E-state index in [9.17, 15) is 13.2 Å². The third-order valence-corrected chi connectivity index (χ3v) is 5.77. The quantitative estimate of drug-likeness (QED) is 0.615. The Kier molecular flexibility index (Phi) is 6.46. The van der Waals surface area contributed by atoms with Crippen molar-refractivity contribution in [2.45, 2.75) is 49.5 Å². The smallest absolute Gasteiger partial charge is 0.220 e. The van der Waals surface area contributed by atoms with Crippen LogP contribution in [-0.4, -0.2) is 39.3 Å². The largest absolute Gasteiger partial charge is 0.494 e. The fourth-order valence-electron chi connectivity index (χ4n) is 2.78. The topological polar surface area (TPSA) is 98.5 Å². The lowest BCUT2D eigenvalue weighted by Crippen LogP contribution is -2.53. The summed E-state index contributed by atoms with van der Waals surface area (Å²) in [5, 5.41) is 3.07. The summed E-state index contributed by atoms with van der Waals surface area (Å²) in [6.45, 7) is 2.98. The molecule has 1 aromatic carbocycles. The number of rotatable bonds is 10. The van der Waals surface area contributed by atoms with Crippen LogP contribution in [-0.2, 0) is 14.6 Å². The Balaban J connectivity index is 1.65. The van der Waals surface area contributed by atoms with Gasteiger partial charge in [-0.2, -0.15) is 0 Å². The highest BCUT2D eigenvalue weighted by Gasteiger charge is 2.41. The summed E-state index contributed by atoms with van der Waals surface area (Å²) in [6.07, 6.45) is 5.40. The lowest BCUT2D eigenvalue weighted by molar-refractivity contribution is -0.123. The summed E-state index contributed by atoms with van der Waals surface area (Å²) < 4.78 is 28.4. The SMILES string of the molecule is CC(CN)(NC(=O)CCCCOc1ccc(S(C)(=O)=O)cc1)C1CC1. The second kappa shape index (κ2) is 8.19. The van der Waals surface area contributed by atoms with Crippen LogP contribution in [0.3, 0.4) is 0 Å². The van der Waals surface area contributed by atoms with Crippen molar-refractivity contribution in [1.82, 2.24) is 5.32 Å². The zero-order chi connectivity index (χ0) is 18.5.